The molecule has 0 fully saturated rings. The Morgan fingerprint density at radius 1 is 1.09 bits per heavy atom. The summed E-state index contributed by atoms with van der Waals surface area (Å²) in [6, 6.07) is 14.1. The molecule has 0 radical (unpaired) electrons. The Morgan fingerprint density at radius 2 is 1.86 bits per heavy atom. The molecule has 3 rings (SSSR count). The minimum atomic E-state index is -0.458. The van der Waals surface area contributed by atoms with Gasteiger partial charge in [0.1, 0.15) is 6.61 Å². The Bertz CT molecular complexity index is 884. The van der Waals surface area contributed by atoms with Crippen molar-refractivity contribution in [2.75, 3.05) is 0 Å². The first kappa shape index (κ1) is 13.7. The van der Waals surface area contributed by atoms with Crippen LogP contribution in [0.3, 0.4) is 0 Å². The number of rotatable bonds is 3. The van der Waals surface area contributed by atoms with Gasteiger partial charge in [0, 0.05) is 18.0 Å². The number of nitrogens with zero attached hydrogens (tertiary/aromatic N) is 3. The van der Waals surface area contributed by atoms with Gasteiger partial charge >= 0.3 is 5.97 Å². The maximum absolute atomic E-state index is 12.1. The van der Waals surface area contributed by atoms with Crippen molar-refractivity contribution in [1.29, 1.82) is 5.26 Å². The molecular weight excluding hydrogens is 278 g/mol. The lowest BCUT2D eigenvalue weighted by Crippen LogP contribution is -2.06. The van der Waals surface area contributed by atoms with Crippen molar-refractivity contribution >= 4 is 17.0 Å². The number of esters is 1. The summed E-state index contributed by atoms with van der Waals surface area (Å²) in [5, 5.41) is 9.01. The van der Waals surface area contributed by atoms with E-state index in [1.165, 1.54) is 0 Å². The molecule has 106 valence electrons. The summed E-state index contributed by atoms with van der Waals surface area (Å²) >= 11 is 0. The summed E-state index contributed by atoms with van der Waals surface area (Å²) in [6.45, 7) is 0.0566. The minimum Gasteiger partial charge on any atom is -0.457 e. The van der Waals surface area contributed by atoms with Gasteiger partial charge in [0.15, 0.2) is 0 Å². The number of carbonyl (C=O) groups excluding carboxylic acids is 1. The maximum Gasteiger partial charge on any atom is 0.338 e. The van der Waals surface area contributed by atoms with Crippen LogP contribution >= 0.6 is 0 Å². The highest BCUT2D eigenvalue weighted by Gasteiger charge is 2.10. The van der Waals surface area contributed by atoms with Crippen LogP contribution in [-0.2, 0) is 11.3 Å². The molecule has 22 heavy (non-hydrogen) atoms. The van der Waals surface area contributed by atoms with Gasteiger partial charge < -0.3 is 4.74 Å². The normalized spacial score (nSPS) is 10.1. The zero-order chi connectivity index (χ0) is 15.4. The third-order valence-electron chi connectivity index (χ3n) is 3.20. The highest BCUT2D eigenvalue weighted by atomic mass is 16.5. The van der Waals surface area contributed by atoms with Crippen molar-refractivity contribution < 1.29 is 9.53 Å². The molecule has 0 bridgehead atoms. The molecule has 5 nitrogen and oxygen atoms in total. The Morgan fingerprint density at radius 3 is 2.68 bits per heavy atom. The number of carbonyl (C=O) groups is 1. The monoisotopic (exact) mass is 289 g/mol. The molecule has 0 aliphatic carbocycles. The van der Waals surface area contributed by atoms with Gasteiger partial charge in [-0.25, -0.2) is 4.79 Å². The average Bonchev–Trinajstić information content (AvgIpc) is 2.59. The molecule has 2 aromatic carbocycles. The fourth-order valence-corrected chi connectivity index (χ4v) is 2.07. The molecule has 0 amide bonds. The Labute approximate surface area is 126 Å². The molecule has 0 spiro atoms. The van der Waals surface area contributed by atoms with E-state index >= 15 is 0 Å². The van der Waals surface area contributed by atoms with Crippen LogP contribution in [0.25, 0.3) is 11.0 Å². The van der Waals surface area contributed by atoms with Crippen LogP contribution in [0.5, 0.6) is 0 Å². The second kappa shape index (κ2) is 6.02. The van der Waals surface area contributed by atoms with Gasteiger partial charge in [-0.05, 0) is 24.3 Å². The molecule has 0 aliphatic rings. The fraction of sp³-hybridized carbons (Fsp3) is 0.0588. The standard InChI is InChI=1S/C17H11N3O2/c18-10-13-3-1-2-4-14(13)11-22-17(21)12-5-6-15-16(9-12)20-8-7-19-15/h1-9H,11H2. The van der Waals surface area contributed by atoms with Gasteiger partial charge in [-0.1, -0.05) is 18.2 Å². The van der Waals surface area contributed by atoms with Gasteiger partial charge in [-0.15, -0.1) is 0 Å². The van der Waals surface area contributed by atoms with E-state index in [1.807, 2.05) is 0 Å². The molecule has 0 atom stereocenters. The molecule has 0 saturated heterocycles. The topological polar surface area (TPSA) is 75.9 Å². The number of aromatic nitrogens is 2. The highest BCUT2D eigenvalue weighted by Crippen LogP contribution is 2.14. The Kier molecular flexibility index (Phi) is 3.75. The van der Waals surface area contributed by atoms with E-state index < -0.39 is 5.97 Å². The number of nitriles is 1. The quantitative estimate of drug-likeness (QED) is 0.693. The minimum absolute atomic E-state index is 0.0566. The van der Waals surface area contributed by atoms with Crippen LogP contribution in [0.1, 0.15) is 21.5 Å². The smallest absolute Gasteiger partial charge is 0.338 e. The number of fused-ring (bicyclic) bond motifs is 1. The number of hydrogen-bond donors (Lipinski definition) is 0. The van der Waals surface area contributed by atoms with E-state index in [-0.39, 0.29) is 6.61 Å². The number of hydrogen-bond acceptors (Lipinski definition) is 5. The lowest BCUT2D eigenvalue weighted by Gasteiger charge is -2.06. The predicted molar refractivity (Wildman–Crippen MR) is 79.8 cm³/mol. The van der Waals surface area contributed by atoms with E-state index in [1.54, 1.807) is 54.9 Å². The van der Waals surface area contributed by atoms with E-state index in [4.69, 9.17) is 10.00 Å². The zero-order valence-electron chi connectivity index (χ0n) is 11.6. The van der Waals surface area contributed by atoms with Crippen LogP contribution in [0, 0.1) is 11.3 Å². The van der Waals surface area contributed by atoms with E-state index in [0.717, 1.165) is 0 Å². The Hall–Kier alpha value is -3.26. The molecule has 1 aromatic heterocycles. The average molecular weight is 289 g/mol. The second-order valence-electron chi connectivity index (χ2n) is 4.60. The van der Waals surface area contributed by atoms with Gasteiger partial charge in [-0.3, -0.25) is 9.97 Å². The van der Waals surface area contributed by atoms with Crippen LogP contribution < -0.4 is 0 Å². The van der Waals surface area contributed by atoms with Crippen molar-refractivity contribution in [3.05, 3.63) is 71.5 Å². The van der Waals surface area contributed by atoms with Gasteiger partial charge in [0.2, 0.25) is 0 Å². The first-order chi connectivity index (χ1) is 10.8. The first-order valence-electron chi connectivity index (χ1n) is 6.64. The summed E-state index contributed by atoms with van der Waals surface area (Å²) < 4.78 is 5.27. The van der Waals surface area contributed by atoms with Crippen LogP contribution in [0.4, 0.5) is 0 Å². The molecule has 5 heteroatoms. The van der Waals surface area contributed by atoms with E-state index in [2.05, 4.69) is 16.0 Å². The predicted octanol–water partition coefficient (Wildman–Crippen LogP) is 2.86. The molecule has 0 N–H and O–H groups in total. The summed E-state index contributed by atoms with van der Waals surface area (Å²) in [5.74, 6) is -0.458. The molecular formula is C17H11N3O2. The Balaban J connectivity index is 1.77. The molecule has 3 aromatic rings. The SMILES string of the molecule is N#Cc1ccccc1COC(=O)c1ccc2nccnc2c1. The maximum atomic E-state index is 12.1. The van der Waals surface area contributed by atoms with Crippen molar-refractivity contribution in [3.63, 3.8) is 0 Å². The second-order valence-corrected chi connectivity index (χ2v) is 4.60. The largest absolute Gasteiger partial charge is 0.457 e. The van der Waals surface area contributed by atoms with Crippen molar-refractivity contribution in [2.24, 2.45) is 0 Å². The highest BCUT2D eigenvalue weighted by molar-refractivity contribution is 5.93. The van der Waals surface area contributed by atoms with Gasteiger partial charge in [-0.2, -0.15) is 5.26 Å². The lowest BCUT2D eigenvalue weighted by molar-refractivity contribution is 0.0472. The summed E-state index contributed by atoms with van der Waals surface area (Å²) in [7, 11) is 0. The summed E-state index contributed by atoms with van der Waals surface area (Å²) in [5.41, 5.74) is 2.93. The molecule has 1 heterocycles. The van der Waals surface area contributed by atoms with E-state index in [0.29, 0.717) is 27.7 Å². The van der Waals surface area contributed by atoms with Crippen molar-refractivity contribution in [2.45, 2.75) is 6.61 Å². The third kappa shape index (κ3) is 2.76. The van der Waals surface area contributed by atoms with Crippen molar-refractivity contribution in [3.8, 4) is 6.07 Å². The zero-order valence-corrected chi connectivity index (χ0v) is 11.6. The molecule has 0 aliphatic heterocycles. The van der Waals surface area contributed by atoms with Crippen LogP contribution in [-0.4, -0.2) is 15.9 Å². The summed E-state index contributed by atoms with van der Waals surface area (Å²) in [4.78, 5) is 20.4. The third-order valence-corrected chi connectivity index (χ3v) is 3.20. The van der Waals surface area contributed by atoms with Crippen LogP contribution in [0.2, 0.25) is 0 Å². The van der Waals surface area contributed by atoms with Gasteiger partial charge in [0.25, 0.3) is 0 Å². The van der Waals surface area contributed by atoms with Crippen molar-refractivity contribution in [1.82, 2.24) is 9.97 Å². The summed E-state index contributed by atoms with van der Waals surface area (Å²) in [6.07, 6.45) is 3.17. The number of ether oxygens (including phenoxy) is 1. The molecule has 0 unspecified atom stereocenters. The van der Waals surface area contributed by atoms with Gasteiger partial charge in [0.05, 0.1) is 28.2 Å². The molecule has 0 saturated carbocycles. The van der Waals surface area contributed by atoms with E-state index in [9.17, 15) is 4.79 Å². The first-order valence-corrected chi connectivity index (χ1v) is 6.64. The lowest BCUT2D eigenvalue weighted by atomic mass is 10.1. The number of benzene rings is 2. The fourth-order valence-electron chi connectivity index (χ4n) is 2.07. The van der Waals surface area contributed by atoms with Crippen LogP contribution in [0.15, 0.2) is 54.9 Å².